The van der Waals surface area contributed by atoms with Gasteiger partial charge in [0.25, 0.3) is 0 Å². The van der Waals surface area contributed by atoms with Crippen LogP contribution in [0.4, 0.5) is 5.69 Å². The molecule has 0 radical (unpaired) electrons. The number of pyridine rings is 1. The van der Waals surface area contributed by atoms with Gasteiger partial charge in [-0.05, 0) is 56.7 Å². The van der Waals surface area contributed by atoms with Crippen LogP contribution in [0.25, 0.3) is 10.9 Å². The van der Waals surface area contributed by atoms with Gasteiger partial charge in [0.1, 0.15) is 10.6 Å². The monoisotopic (exact) mass is 446 g/mol. The van der Waals surface area contributed by atoms with E-state index >= 15 is 0 Å². The molecule has 0 aliphatic rings. The normalized spacial score (nSPS) is 11.5. The summed E-state index contributed by atoms with van der Waals surface area (Å²) in [5, 5.41) is 4.08. The maximum atomic E-state index is 13.6. The van der Waals surface area contributed by atoms with Gasteiger partial charge in [0.2, 0.25) is 9.84 Å². The fourth-order valence-corrected chi connectivity index (χ4v) is 4.93. The van der Waals surface area contributed by atoms with E-state index in [9.17, 15) is 8.42 Å². The number of benzene rings is 3. The number of hydrogen-bond donors (Lipinski definition) is 1. The minimum Gasteiger partial charge on any atom is -0.494 e. The highest BCUT2D eigenvalue weighted by Crippen LogP contribution is 2.35. The predicted molar refractivity (Wildman–Crippen MR) is 128 cm³/mol. The first-order chi connectivity index (χ1) is 15.4. The zero-order valence-electron chi connectivity index (χ0n) is 18.4. The number of fused-ring (bicyclic) bond motifs is 1. The molecule has 0 aliphatic carbocycles. The van der Waals surface area contributed by atoms with Crippen LogP contribution in [0.2, 0.25) is 0 Å². The molecule has 1 N–H and O–H groups in total. The van der Waals surface area contributed by atoms with Gasteiger partial charge < -0.3 is 10.1 Å². The number of aryl methyl sites for hydroxylation is 2. The van der Waals surface area contributed by atoms with E-state index in [1.165, 1.54) is 11.8 Å². The Hall–Kier alpha value is -3.38. The third-order valence-corrected chi connectivity index (χ3v) is 7.11. The van der Waals surface area contributed by atoms with Crippen LogP contribution in [0.3, 0.4) is 0 Å². The van der Waals surface area contributed by atoms with Gasteiger partial charge in [-0.1, -0.05) is 47.5 Å². The largest absolute Gasteiger partial charge is 0.494 e. The summed E-state index contributed by atoms with van der Waals surface area (Å²) in [7, 11) is -3.78. The predicted octanol–water partition coefficient (Wildman–Crippen LogP) is 5.70. The quantitative estimate of drug-likeness (QED) is 0.395. The molecule has 0 bridgehead atoms. The van der Waals surface area contributed by atoms with Crippen molar-refractivity contribution < 1.29 is 13.2 Å². The number of sulfone groups is 1. The standard InChI is InChI=1S/C26H26N2O3S/c1-4-31-21-11-14-24-23(15-21)26(28-16-20-9-5-18(2)6-10-20)25(17-27-24)32(29,30)22-12-7-19(3)8-13-22/h5-15,17H,4,16H2,1-3H3,(H,27,28). The first-order valence-electron chi connectivity index (χ1n) is 10.5. The minimum absolute atomic E-state index is 0.148. The van der Waals surface area contributed by atoms with Gasteiger partial charge in [-0.3, -0.25) is 4.98 Å². The number of aromatic nitrogens is 1. The zero-order valence-corrected chi connectivity index (χ0v) is 19.2. The Labute approximate surface area is 189 Å². The molecule has 0 fully saturated rings. The molecule has 0 saturated heterocycles. The first kappa shape index (κ1) is 21.8. The van der Waals surface area contributed by atoms with Crippen molar-refractivity contribution in [1.29, 1.82) is 0 Å². The molecule has 3 aromatic carbocycles. The van der Waals surface area contributed by atoms with E-state index in [1.807, 2.05) is 63.2 Å². The second kappa shape index (κ2) is 9.01. The smallest absolute Gasteiger partial charge is 0.210 e. The second-order valence-electron chi connectivity index (χ2n) is 7.77. The van der Waals surface area contributed by atoms with Crippen molar-refractivity contribution in [2.45, 2.75) is 37.1 Å². The van der Waals surface area contributed by atoms with Crippen LogP contribution in [0.5, 0.6) is 5.75 Å². The molecular weight excluding hydrogens is 420 g/mol. The molecule has 0 spiro atoms. The molecule has 164 valence electrons. The van der Waals surface area contributed by atoms with Crippen molar-refractivity contribution in [1.82, 2.24) is 4.98 Å². The fraction of sp³-hybridized carbons (Fsp3) is 0.192. The molecule has 0 atom stereocenters. The van der Waals surface area contributed by atoms with E-state index in [4.69, 9.17) is 4.74 Å². The summed E-state index contributed by atoms with van der Waals surface area (Å²) in [5.41, 5.74) is 4.45. The molecule has 4 aromatic rings. The van der Waals surface area contributed by atoms with Crippen LogP contribution in [-0.4, -0.2) is 20.0 Å². The molecule has 1 heterocycles. The van der Waals surface area contributed by atoms with Gasteiger partial charge in [0.15, 0.2) is 0 Å². The van der Waals surface area contributed by atoms with Crippen LogP contribution in [0, 0.1) is 13.8 Å². The molecule has 4 rings (SSSR count). The van der Waals surface area contributed by atoms with Crippen molar-refractivity contribution in [3.63, 3.8) is 0 Å². The first-order valence-corrected chi connectivity index (χ1v) is 12.0. The molecular formula is C26H26N2O3S. The van der Waals surface area contributed by atoms with Crippen molar-refractivity contribution in [3.05, 3.63) is 89.6 Å². The highest BCUT2D eigenvalue weighted by molar-refractivity contribution is 7.91. The summed E-state index contributed by atoms with van der Waals surface area (Å²) in [5.74, 6) is 0.671. The van der Waals surface area contributed by atoms with Crippen LogP contribution < -0.4 is 10.1 Å². The van der Waals surface area contributed by atoms with E-state index in [-0.39, 0.29) is 9.79 Å². The summed E-state index contributed by atoms with van der Waals surface area (Å²) >= 11 is 0. The minimum atomic E-state index is -3.78. The summed E-state index contributed by atoms with van der Waals surface area (Å²) in [6.07, 6.45) is 1.44. The van der Waals surface area contributed by atoms with E-state index in [1.54, 1.807) is 24.3 Å². The van der Waals surface area contributed by atoms with Crippen molar-refractivity contribution in [3.8, 4) is 5.75 Å². The van der Waals surface area contributed by atoms with Crippen LogP contribution in [0.1, 0.15) is 23.6 Å². The lowest BCUT2D eigenvalue weighted by atomic mass is 10.1. The second-order valence-corrected chi connectivity index (χ2v) is 9.68. The Morgan fingerprint density at radius 2 is 1.56 bits per heavy atom. The molecule has 1 aromatic heterocycles. The highest BCUT2D eigenvalue weighted by atomic mass is 32.2. The summed E-state index contributed by atoms with van der Waals surface area (Å²) in [6, 6.07) is 20.6. The zero-order chi connectivity index (χ0) is 22.7. The van der Waals surface area contributed by atoms with Crippen LogP contribution in [0.15, 0.2) is 82.7 Å². The Kier molecular flexibility index (Phi) is 6.15. The highest BCUT2D eigenvalue weighted by Gasteiger charge is 2.24. The Morgan fingerprint density at radius 3 is 2.22 bits per heavy atom. The third-order valence-electron chi connectivity index (χ3n) is 5.33. The molecule has 0 unspecified atom stereocenters. The third kappa shape index (κ3) is 4.46. The summed E-state index contributed by atoms with van der Waals surface area (Å²) < 4.78 is 32.8. The van der Waals surface area contributed by atoms with Gasteiger partial charge >= 0.3 is 0 Å². The van der Waals surface area contributed by atoms with Gasteiger partial charge in [-0.2, -0.15) is 0 Å². The van der Waals surface area contributed by atoms with Crippen molar-refractivity contribution in [2.75, 3.05) is 11.9 Å². The van der Waals surface area contributed by atoms with Crippen molar-refractivity contribution in [2.24, 2.45) is 0 Å². The van der Waals surface area contributed by atoms with E-state index in [0.29, 0.717) is 35.5 Å². The SMILES string of the molecule is CCOc1ccc2ncc(S(=O)(=O)c3ccc(C)cc3)c(NCc3ccc(C)cc3)c2c1. The summed E-state index contributed by atoms with van der Waals surface area (Å²) in [4.78, 5) is 4.83. The number of nitrogens with one attached hydrogen (secondary N) is 1. The van der Waals surface area contributed by atoms with E-state index in [0.717, 1.165) is 11.1 Å². The molecule has 5 nitrogen and oxygen atoms in total. The molecule has 0 saturated carbocycles. The van der Waals surface area contributed by atoms with Gasteiger partial charge in [0.05, 0.1) is 22.7 Å². The van der Waals surface area contributed by atoms with Crippen LogP contribution >= 0.6 is 0 Å². The number of ether oxygens (including phenoxy) is 1. The van der Waals surface area contributed by atoms with Crippen molar-refractivity contribution >= 4 is 26.4 Å². The fourth-order valence-electron chi connectivity index (χ4n) is 3.54. The van der Waals surface area contributed by atoms with E-state index in [2.05, 4.69) is 10.3 Å². The lowest BCUT2D eigenvalue weighted by Gasteiger charge is -2.16. The maximum absolute atomic E-state index is 13.6. The molecule has 0 aliphatic heterocycles. The Bertz CT molecular complexity index is 1350. The topological polar surface area (TPSA) is 68.3 Å². The van der Waals surface area contributed by atoms with Gasteiger partial charge in [0, 0.05) is 18.1 Å². The van der Waals surface area contributed by atoms with Gasteiger partial charge in [-0.25, -0.2) is 8.42 Å². The molecule has 32 heavy (non-hydrogen) atoms. The lowest BCUT2D eigenvalue weighted by Crippen LogP contribution is -2.10. The average molecular weight is 447 g/mol. The molecule has 0 amide bonds. The average Bonchev–Trinajstić information content (AvgIpc) is 2.79. The molecule has 6 heteroatoms. The summed E-state index contributed by atoms with van der Waals surface area (Å²) in [6.45, 7) is 6.88. The Balaban J connectivity index is 1.86. The lowest BCUT2D eigenvalue weighted by molar-refractivity contribution is 0.340. The maximum Gasteiger partial charge on any atom is 0.210 e. The number of hydrogen-bond acceptors (Lipinski definition) is 5. The van der Waals surface area contributed by atoms with E-state index < -0.39 is 9.84 Å². The van der Waals surface area contributed by atoms with Crippen LogP contribution in [-0.2, 0) is 16.4 Å². The number of nitrogens with zero attached hydrogens (tertiary/aromatic N) is 1. The van der Waals surface area contributed by atoms with Gasteiger partial charge in [-0.15, -0.1) is 0 Å². The number of rotatable bonds is 7. The Morgan fingerprint density at radius 1 is 0.906 bits per heavy atom. The number of anilines is 1.